The molecular weight excluding hydrogens is 577 g/mol. The number of aromatic nitrogens is 4. The molecule has 2 aromatic carbocycles. The Balaban J connectivity index is 1.35. The molecule has 1 aliphatic rings. The number of nitrogens with two attached hydrogens (primary N) is 1. The van der Waals surface area contributed by atoms with E-state index in [-0.39, 0.29) is 48.3 Å². The van der Waals surface area contributed by atoms with Gasteiger partial charge in [0.05, 0.1) is 37.7 Å². The molecule has 4 aromatic rings. The predicted octanol–water partition coefficient (Wildman–Crippen LogP) is 4.02. The first-order valence-corrected chi connectivity index (χ1v) is 15.7. The van der Waals surface area contributed by atoms with Gasteiger partial charge in [-0.1, -0.05) is 64.1 Å². The molecule has 2 unspecified atom stereocenters. The van der Waals surface area contributed by atoms with Crippen LogP contribution in [0.4, 0.5) is 5.95 Å². The van der Waals surface area contributed by atoms with Crippen molar-refractivity contribution in [1.82, 2.24) is 19.5 Å². The van der Waals surface area contributed by atoms with E-state index in [4.69, 9.17) is 24.3 Å². The van der Waals surface area contributed by atoms with Crippen LogP contribution >= 0.6 is 7.60 Å². The molecule has 3 heterocycles. The molecule has 1 saturated heterocycles. The van der Waals surface area contributed by atoms with Crippen molar-refractivity contribution in [2.45, 2.75) is 52.6 Å². The zero-order valence-electron chi connectivity index (χ0n) is 24.4. The van der Waals surface area contributed by atoms with Gasteiger partial charge in [0, 0.05) is 11.8 Å². The van der Waals surface area contributed by atoms with E-state index in [1.807, 2.05) is 51.1 Å². The van der Waals surface area contributed by atoms with E-state index in [0.29, 0.717) is 5.75 Å². The van der Waals surface area contributed by atoms with Crippen LogP contribution in [0.3, 0.4) is 0 Å². The first-order valence-electron chi connectivity index (χ1n) is 14.0. The number of H-pyrrole nitrogens is 1. The van der Waals surface area contributed by atoms with Crippen molar-refractivity contribution in [3.05, 3.63) is 59.1 Å². The van der Waals surface area contributed by atoms with E-state index in [9.17, 15) is 19.3 Å². The van der Waals surface area contributed by atoms with Gasteiger partial charge < -0.3 is 24.8 Å². The molecule has 1 fully saturated rings. The molecule has 43 heavy (non-hydrogen) atoms. The Labute approximate surface area is 247 Å². The average Bonchev–Trinajstić information content (AvgIpc) is 3.53. The lowest BCUT2D eigenvalue weighted by Crippen LogP contribution is -2.28. The zero-order valence-corrected chi connectivity index (χ0v) is 25.3. The number of fused-ring (bicyclic) bond motifs is 2. The standard InChI is InChI=1S/C29H36N5O8P/c1-17(27(37)39-15-29(2,3)4)14-43(38,42-21-11-7-9-18-8-5-6-10-19(18)21)40-13-22-20(35)12-23(41-22)34-16-31-24-25(34)32-28(30)33-26(24)36/h5-11,16-17,20,22-23,35H,12-15H2,1-4H3,(H3,30,32,33,36)/t17-,20?,22-,23-,43?/m1/s1. The van der Waals surface area contributed by atoms with E-state index in [0.717, 1.165) is 10.8 Å². The fourth-order valence-corrected chi connectivity index (χ4v) is 6.64. The third-order valence-corrected chi connectivity index (χ3v) is 8.95. The normalized spacial score (nSPS) is 21.1. The highest BCUT2D eigenvalue weighted by Crippen LogP contribution is 2.52. The summed E-state index contributed by atoms with van der Waals surface area (Å²) in [6, 6.07) is 12.8. The maximum absolute atomic E-state index is 14.3. The number of benzene rings is 2. The van der Waals surface area contributed by atoms with Crippen molar-refractivity contribution in [1.29, 1.82) is 0 Å². The molecule has 4 N–H and O–H groups in total. The number of carbonyl (C=O) groups is 1. The summed E-state index contributed by atoms with van der Waals surface area (Å²) in [4.78, 5) is 35.6. The molecule has 13 nitrogen and oxygen atoms in total. The van der Waals surface area contributed by atoms with E-state index < -0.39 is 43.5 Å². The van der Waals surface area contributed by atoms with Crippen molar-refractivity contribution in [2.75, 3.05) is 25.1 Å². The van der Waals surface area contributed by atoms with Gasteiger partial charge in [0.1, 0.15) is 18.1 Å². The number of anilines is 1. The fraction of sp³-hybridized carbons (Fsp3) is 0.448. The second kappa shape index (κ2) is 12.1. The van der Waals surface area contributed by atoms with E-state index in [2.05, 4.69) is 15.0 Å². The highest BCUT2D eigenvalue weighted by Gasteiger charge is 2.40. The van der Waals surface area contributed by atoms with Gasteiger partial charge in [-0.2, -0.15) is 4.98 Å². The second-order valence-electron chi connectivity index (χ2n) is 11.9. The summed E-state index contributed by atoms with van der Waals surface area (Å²) >= 11 is 0. The molecule has 0 bridgehead atoms. The molecule has 0 saturated carbocycles. The number of aromatic amines is 1. The van der Waals surface area contributed by atoms with Crippen LogP contribution in [0.5, 0.6) is 5.75 Å². The van der Waals surface area contributed by atoms with Gasteiger partial charge in [-0.3, -0.25) is 23.7 Å². The molecule has 5 atom stereocenters. The van der Waals surface area contributed by atoms with Crippen LogP contribution in [0, 0.1) is 11.3 Å². The lowest BCUT2D eigenvalue weighted by molar-refractivity contribution is -0.150. The Morgan fingerprint density at radius 2 is 2.00 bits per heavy atom. The van der Waals surface area contributed by atoms with Crippen LogP contribution in [0.25, 0.3) is 21.9 Å². The Morgan fingerprint density at radius 3 is 2.77 bits per heavy atom. The minimum absolute atomic E-state index is 0.0762. The molecule has 0 aliphatic carbocycles. The summed E-state index contributed by atoms with van der Waals surface area (Å²) in [6.07, 6.45) is -1.42. The number of nitrogens with one attached hydrogen (secondary N) is 1. The van der Waals surface area contributed by atoms with E-state index in [1.54, 1.807) is 19.1 Å². The van der Waals surface area contributed by atoms with Gasteiger partial charge in [0.25, 0.3) is 5.56 Å². The van der Waals surface area contributed by atoms with Crippen LogP contribution < -0.4 is 15.8 Å². The summed E-state index contributed by atoms with van der Waals surface area (Å²) in [5.74, 6) is -1.08. The smallest absolute Gasteiger partial charge is 0.380 e. The van der Waals surface area contributed by atoms with Gasteiger partial charge in [0.2, 0.25) is 5.95 Å². The summed E-state index contributed by atoms with van der Waals surface area (Å²) in [5.41, 5.74) is 5.24. The monoisotopic (exact) mass is 613 g/mol. The lowest BCUT2D eigenvalue weighted by Gasteiger charge is -2.25. The number of nitrogen functional groups attached to an aromatic ring is 1. The summed E-state index contributed by atoms with van der Waals surface area (Å²) < 4.78 is 39.3. The number of rotatable bonds is 10. The first kappa shape index (κ1) is 30.7. The molecule has 0 radical (unpaired) electrons. The fourth-order valence-electron chi connectivity index (χ4n) is 4.76. The van der Waals surface area contributed by atoms with Crippen molar-refractivity contribution >= 4 is 41.4 Å². The largest absolute Gasteiger partial charge is 0.465 e. The Bertz CT molecular complexity index is 1730. The third kappa shape index (κ3) is 7.07. The Kier molecular flexibility index (Phi) is 8.62. The van der Waals surface area contributed by atoms with Gasteiger partial charge >= 0.3 is 13.6 Å². The topological polar surface area (TPSA) is 181 Å². The quantitative estimate of drug-likeness (QED) is 0.174. The molecule has 1 aliphatic heterocycles. The van der Waals surface area contributed by atoms with E-state index in [1.165, 1.54) is 10.9 Å². The van der Waals surface area contributed by atoms with Crippen LogP contribution in [0.2, 0.25) is 0 Å². The Morgan fingerprint density at radius 1 is 1.26 bits per heavy atom. The molecular formula is C29H36N5O8P. The van der Waals surface area contributed by atoms with Crippen LogP contribution in [0.1, 0.15) is 40.3 Å². The number of nitrogens with zero attached hydrogens (tertiary/aromatic N) is 3. The molecule has 230 valence electrons. The van der Waals surface area contributed by atoms with Crippen molar-refractivity contribution in [2.24, 2.45) is 11.3 Å². The summed E-state index contributed by atoms with van der Waals surface area (Å²) in [5, 5.41) is 12.4. The molecule has 5 rings (SSSR count). The Hall–Kier alpha value is -3.77. The minimum Gasteiger partial charge on any atom is -0.465 e. The minimum atomic E-state index is -4.02. The maximum Gasteiger partial charge on any atom is 0.380 e. The third-order valence-electron chi connectivity index (χ3n) is 6.93. The van der Waals surface area contributed by atoms with Crippen LogP contribution in [0.15, 0.2) is 53.6 Å². The number of esters is 1. The van der Waals surface area contributed by atoms with Crippen molar-refractivity contribution in [3.8, 4) is 5.75 Å². The number of hydrogen-bond donors (Lipinski definition) is 3. The molecule has 14 heteroatoms. The summed E-state index contributed by atoms with van der Waals surface area (Å²) in [6.45, 7) is 7.33. The van der Waals surface area contributed by atoms with E-state index >= 15 is 0 Å². The number of aliphatic hydroxyl groups is 1. The van der Waals surface area contributed by atoms with Crippen LogP contribution in [-0.2, 0) is 23.4 Å². The number of hydrogen-bond acceptors (Lipinski definition) is 11. The number of aliphatic hydroxyl groups excluding tert-OH is 1. The molecule has 2 aromatic heterocycles. The van der Waals surface area contributed by atoms with Crippen LogP contribution in [-0.4, -0.2) is 62.2 Å². The number of imidazole rings is 1. The lowest BCUT2D eigenvalue weighted by atomic mass is 9.99. The first-order chi connectivity index (χ1) is 20.3. The zero-order chi connectivity index (χ0) is 30.9. The maximum atomic E-state index is 14.3. The van der Waals surface area contributed by atoms with Gasteiger partial charge in [0.15, 0.2) is 11.2 Å². The van der Waals surface area contributed by atoms with Crippen molar-refractivity contribution in [3.63, 3.8) is 0 Å². The molecule has 0 amide bonds. The average molecular weight is 614 g/mol. The second-order valence-corrected chi connectivity index (χ2v) is 14.0. The van der Waals surface area contributed by atoms with Gasteiger partial charge in [-0.25, -0.2) is 9.55 Å². The number of ether oxygens (including phenoxy) is 2. The molecule has 0 spiro atoms. The van der Waals surface area contributed by atoms with Crippen molar-refractivity contribution < 1.29 is 33.0 Å². The predicted molar refractivity (Wildman–Crippen MR) is 160 cm³/mol. The number of carbonyl (C=O) groups excluding carboxylic acids is 1. The highest BCUT2D eigenvalue weighted by molar-refractivity contribution is 7.54. The van der Waals surface area contributed by atoms with Gasteiger partial charge in [-0.05, 0) is 16.9 Å². The SMILES string of the molecule is C[C@H](CP(=O)(OC[C@H]1O[C@@H](n2cnc3c(=O)[nH]c(N)nc32)CC1O)Oc1cccc2ccccc12)C(=O)OCC(C)(C)C. The summed E-state index contributed by atoms with van der Waals surface area (Å²) in [7, 11) is -4.02. The highest BCUT2D eigenvalue weighted by atomic mass is 31.2. The van der Waals surface area contributed by atoms with Gasteiger partial charge in [-0.15, -0.1) is 0 Å².